The van der Waals surface area contributed by atoms with Crippen LogP contribution in [0.1, 0.15) is 110 Å². The predicted molar refractivity (Wildman–Crippen MR) is 279 cm³/mol. The molecule has 1 aromatic rings. The molecule has 1 spiro atoms. The molecular weight excluding hydrogens is 953 g/mol. The number of amidine groups is 1. The number of sulfonamides is 1. The van der Waals surface area contributed by atoms with Crippen molar-refractivity contribution in [3.8, 4) is 0 Å². The molecule has 2 unspecified atom stereocenters. The summed E-state index contributed by atoms with van der Waals surface area (Å²) in [4.78, 5) is 41.7. The third-order valence-electron chi connectivity index (χ3n) is 17.6. The molecule has 11 rings (SSSR count). The number of hydrogen-bond donors (Lipinski definition) is 3. The second kappa shape index (κ2) is 20.6. The van der Waals surface area contributed by atoms with Crippen molar-refractivity contribution >= 4 is 43.0 Å². The van der Waals surface area contributed by atoms with Crippen LogP contribution < -0.4 is 15.4 Å². The summed E-state index contributed by atoms with van der Waals surface area (Å²) >= 11 is 0. The van der Waals surface area contributed by atoms with Gasteiger partial charge in [-0.1, -0.05) is 31.2 Å². The molecule has 0 radical (unpaired) electrons. The van der Waals surface area contributed by atoms with Crippen LogP contribution in [0.4, 0.5) is 11.5 Å². The molecule has 17 nitrogen and oxygen atoms in total. The molecule has 10 aliphatic rings. The zero-order valence-electron chi connectivity index (χ0n) is 41.7. The number of amides is 1. The van der Waals surface area contributed by atoms with Crippen molar-refractivity contribution in [1.82, 2.24) is 29.7 Å². The van der Waals surface area contributed by atoms with Gasteiger partial charge in [-0.15, -0.1) is 0 Å². The van der Waals surface area contributed by atoms with Gasteiger partial charge < -0.3 is 20.3 Å². The Hall–Kier alpha value is -4.69. The molecule has 0 bridgehead atoms. The number of allylic oxidation sites excluding steroid dienone is 4. The number of nitrogens with one attached hydrogen (secondary N) is 3. The van der Waals surface area contributed by atoms with Gasteiger partial charge in [0.05, 0.1) is 28.9 Å². The van der Waals surface area contributed by atoms with Crippen LogP contribution in [0.2, 0.25) is 0 Å². The molecule has 3 N–H and O–H groups in total. The first-order valence-corrected chi connectivity index (χ1v) is 30.3. The summed E-state index contributed by atoms with van der Waals surface area (Å²) in [5, 5.41) is 18.6. The fourth-order valence-corrected chi connectivity index (χ4v) is 16.4. The number of rotatable bonds is 15. The molecule has 1 aromatic heterocycles. The van der Waals surface area contributed by atoms with E-state index < -0.39 is 41.2 Å². The maximum Gasteiger partial charge on any atom is 0.312 e. The van der Waals surface area contributed by atoms with Crippen molar-refractivity contribution in [2.24, 2.45) is 32.5 Å². The van der Waals surface area contributed by atoms with Crippen LogP contribution in [0, 0.1) is 33.3 Å². The second-order valence-electron chi connectivity index (χ2n) is 22.2. The molecule has 5 aliphatic heterocycles. The monoisotopic (exact) mass is 1020 g/mol. The topological polar surface area (TPSA) is 204 Å². The number of hydrogen-bond acceptors (Lipinski definition) is 15. The number of anilines is 1. The lowest BCUT2D eigenvalue weighted by molar-refractivity contribution is -0.384. The van der Waals surface area contributed by atoms with Crippen LogP contribution in [0.5, 0.6) is 0 Å². The number of nitro groups is 1. The highest BCUT2D eigenvalue weighted by atomic mass is 32.2. The molecule has 0 aromatic carbocycles. The summed E-state index contributed by atoms with van der Waals surface area (Å²) in [6, 6.07) is 2.21. The lowest BCUT2D eigenvalue weighted by Crippen LogP contribution is -2.57. The van der Waals surface area contributed by atoms with Crippen molar-refractivity contribution in [3.63, 3.8) is 0 Å². The summed E-state index contributed by atoms with van der Waals surface area (Å²) in [7, 11) is -6.81. The highest BCUT2D eigenvalue weighted by Crippen LogP contribution is 2.54. The van der Waals surface area contributed by atoms with Gasteiger partial charge in [-0.05, 0) is 163 Å². The number of ether oxygens (including phenoxy) is 1. The van der Waals surface area contributed by atoms with Crippen LogP contribution in [0.15, 0.2) is 97.5 Å². The minimum atomic E-state index is -4.61. The summed E-state index contributed by atoms with van der Waals surface area (Å²) in [6.45, 7) is 8.17. The highest BCUT2D eigenvalue weighted by Gasteiger charge is 2.51. The smallest absolute Gasteiger partial charge is 0.312 e. The molecule has 19 heteroatoms. The molecule has 6 fully saturated rings. The van der Waals surface area contributed by atoms with E-state index in [9.17, 15) is 27.5 Å². The number of aliphatic imine (C=N–C) groups is 1. The van der Waals surface area contributed by atoms with Crippen LogP contribution in [0.3, 0.4) is 0 Å². The molecule has 3 saturated carbocycles. The maximum absolute atomic E-state index is 14.1. The predicted octanol–water partition coefficient (Wildman–Crippen LogP) is 7.31. The van der Waals surface area contributed by atoms with Gasteiger partial charge in [0, 0.05) is 77.4 Å². The Morgan fingerprint density at radius 2 is 1.86 bits per heavy atom. The van der Waals surface area contributed by atoms with Gasteiger partial charge in [0.1, 0.15) is 22.2 Å². The lowest BCUT2D eigenvalue weighted by Gasteiger charge is -2.56. The third-order valence-corrected chi connectivity index (χ3v) is 21.2. The van der Waals surface area contributed by atoms with Crippen molar-refractivity contribution in [2.75, 3.05) is 62.6 Å². The number of fused-ring (bicyclic) bond motifs is 1. The number of aromatic nitrogens is 1. The lowest BCUT2D eigenvalue weighted by atomic mass is 9.59. The third kappa shape index (κ3) is 10.6. The average Bonchev–Trinajstić information content (AvgIpc) is 3.92. The van der Waals surface area contributed by atoms with E-state index in [1.165, 1.54) is 57.9 Å². The standard InChI is InChI=1S/C53H72N10O7S2/c1-2-60-24-26-71(67,27-25-60)58-39-13-9-36(10-14-39)33-55-51-48(63(65)66)30-43(35-57-51)72(68,69)59-52(64)46-16-15-40(29-49(46)70-42-28-38-17-20-54-50(38)56-34-42)61-22-18-53(19-23-61)31-41(32-53)62-21-5-8-47(62)45-7-4-3-6-44(45)37-11-12-37/h3,6,16-17,20,29-30,34-41,47H,2,4-5,7-15,18-19,21-28,31-33H2,1H3,(H,54,56)(H,55,57)(H,59,64)/t36?,38?,39?,40?,47-/m1/s1. The first-order valence-electron chi connectivity index (χ1n) is 26.9. The molecule has 3 saturated heterocycles. The summed E-state index contributed by atoms with van der Waals surface area (Å²) in [5.41, 5.74) is 3.34. The molecule has 3 atom stereocenters. The van der Waals surface area contributed by atoms with E-state index >= 15 is 0 Å². The number of pyridine rings is 1. The molecule has 1 amide bonds. The fourth-order valence-electron chi connectivity index (χ4n) is 13.2. The van der Waals surface area contributed by atoms with Gasteiger partial charge in [0.25, 0.3) is 15.9 Å². The minimum Gasteiger partial charge on any atom is -0.460 e. The van der Waals surface area contributed by atoms with Gasteiger partial charge >= 0.3 is 5.69 Å². The highest BCUT2D eigenvalue weighted by molar-refractivity contribution is 7.93. The number of likely N-dealkylation sites (tertiary alicyclic amines) is 2. The molecule has 6 heterocycles. The summed E-state index contributed by atoms with van der Waals surface area (Å²) in [5.74, 6) is 2.91. The van der Waals surface area contributed by atoms with Crippen molar-refractivity contribution < 1.29 is 27.1 Å². The normalized spacial score (nSPS) is 29.8. The quantitative estimate of drug-likeness (QED) is 0.117. The van der Waals surface area contributed by atoms with E-state index in [1.807, 2.05) is 18.4 Å². The van der Waals surface area contributed by atoms with Crippen molar-refractivity contribution in [2.45, 2.75) is 139 Å². The zero-order chi connectivity index (χ0) is 49.6. The summed E-state index contributed by atoms with van der Waals surface area (Å²) < 4.78 is 54.7. The average molecular weight is 1030 g/mol. The number of nitrogens with zero attached hydrogens (tertiary/aromatic N) is 7. The molecule has 72 heavy (non-hydrogen) atoms. The van der Waals surface area contributed by atoms with Crippen LogP contribution in [-0.4, -0.2) is 130 Å². The van der Waals surface area contributed by atoms with Gasteiger partial charge in [-0.2, -0.15) is 0 Å². The Kier molecular flexibility index (Phi) is 14.1. The SMILES string of the molecule is CCN1CCS(=O)(=NC2CCC(CNc3ncc(S(=O)(=O)NC(=O)C4=CCC(N5CCC6(CC5)CC(N5CCC[C@@H]5C5=C(C7CC7)C=CCC5)C6)C=C4OC4=CN=C5NC=CC5C4)cc3[N+](=O)[O-])CC2)CC1. The zero-order valence-corrected chi connectivity index (χ0v) is 43.4. The molecular formula is C53H72N10O7S2. The Morgan fingerprint density at radius 3 is 2.61 bits per heavy atom. The van der Waals surface area contributed by atoms with E-state index in [1.54, 1.807) is 23.4 Å². The van der Waals surface area contributed by atoms with Crippen LogP contribution in [0.25, 0.3) is 0 Å². The van der Waals surface area contributed by atoms with E-state index in [0.717, 1.165) is 95.3 Å². The fraction of sp³-hybridized carbons (Fsp3) is 0.642. The van der Waals surface area contributed by atoms with Crippen LogP contribution in [-0.2, 0) is 29.3 Å². The second-order valence-corrected chi connectivity index (χ2v) is 26.4. The Labute approximate surface area is 425 Å². The first kappa shape index (κ1) is 49.5. The van der Waals surface area contributed by atoms with Gasteiger partial charge in [-0.25, -0.2) is 31.7 Å². The number of carbonyl (C=O) groups excluding carboxylic acids is 1. The maximum atomic E-state index is 14.1. The minimum absolute atomic E-state index is 0.00675. The van der Waals surface area contributed by atoms with E-state index in [4.69, 9.17) is 9.10 Å². The first-order chi connectivity index (χ1) is 34.8. The van der Waals surface area contributed by atoms with E-state index in [-0.39, 0.29) is 41.1 Å². The number of carbonyl (C=O) groups is 1. The number of piperidine rings is 1. The van der Waals surface area contributed by atoms with Gasteiger partial charge in [0.2, 0.25) is 5.82 Å². The molecule has 5 aliphatic carbocycles. The Balaban J connectivity index is 0.722. The Morgan fingerprint density at radius 1 is 1.07 bits per heavy atom. The van der Waals surface area contributed by atoms with E-state index in [0.29, 0.717) is 54.1 Å². The Bertz CT molecular complexity index is 2750. The van der Waals surface area contributed by atoms with Gasteiger partial charge in [0.15, 0.2) is 0 Å². The molecule has 388 valence electrons. The van der Waals surface area contributed by atoms with Gasteiger partial charge in [-0.3, -0.25) is 24.7 Å². The van der Waals surface area contributed by atoms with Crippen molar-refractivity contribution in [1.29, 1.82) is 0 Å². The van der Waals surface area contributed by atoms with Crippen LogP contribution >= 0.6 is 0 Å². The van der Waals surface area contributed by atoms with E-state index in [2.05, 4.69) is 59.1 Å². The summed E-state index contributed by atoms with van der Waals surface area (Å²) in [6.07, 6.45) is 31.8. The largest absolute Gasteiger partial charge is 0.460 e. The van der Waals surface area contributed by atoms with Crippen molar-refractivity contribution in [3.05, 3.63) is 93.4 Å².